The van der Waals surface area contributed by atoms with E-state index in [9.17, 15) is 9.59 Å². The molecule has 3 rings (SSSR count). The monoisotopic (exact) mass is 507 g/mol. The van der Waals surface area contributed by atoms with Crippen LogP contribution in [0.25, 0.3) is 6.08 Å². The molecule has 0 amide bonds. The molecule has 1 aliphatic heterocycles. The normalized spacial score (nSPS) is 14.7. The molecule has 0 saturated heterocycles. The van der Waals surface area contributed by atoms with E-state index in [-0.39, 0.29) is 17.3 Å². The number of carbonyl (C=O) groups is 2. The number of halogens is 2. The van der Waals surface area contributed by atoms with Gasteiger partial charge in [-0.3, -0.25) is 4.79 Å². The van der Waals surface area contributed by atoms with Gasteiger partial charge in [-0.15, -0.1) is 0 Å². The Kier molecular flexibility index (Phi) is 6.00. The number of carbonyl (C=O) groups excluding carboxylic acids is 2. The zero-order valence-corrected chi connectivity index (χ0v) is 18.4. The Balaban J connectivity index is 1.97. The summed E-state index contributed by atoms with van der Waals surface area (Å²) in [5, 5.41) is 0. The second-order valence-electron chi connectivity index (χ2n) is 5.93. The van der Waals surface area contributed by atoms with Crippen LogP contribution in [0.15, 0.2) is 50.0 Å². The second-order valence-corrected chi connectivity index (χ2v) is 7.64. The number of benzene rings is 2. The molecule has 8 heteroatoms. The fraction of sp³-hybridized carbons (Fsp3) is 0.150. The van der Waals surface area contributed by atoms with Gasteiger partial charge < -0.3 is 14.2 Å². The molecule has 0 N–H and O–H groups in total. The molecule has 0 bridgehead atoms. The molecule has 1 aliphatic rings. The number of aryl methyl sites for hydroxylation is 1. The van der Waals surface area contributed by atoms with Crippen molar-refractivity contribution in [1.82, 2.24) is 0 Å². The summed E-state index contributed by atoms with van der Waals surface area (Å²) < 4.78 is 17.2. The highest BCUT2D eigenvalue weighted by Gasteiger charge is 2.25. The Morgan fingerprint density at radius 3 is 2.57 bits per heavy atom. The first-order valence-corrected chi connectivity index (χ1v) is 9.72. The highest BCUT2D eigenvalue weighted by Crippen LogP contribution is 2.37. The Morgan fingerprint density at radius 2 is 1.93 bits per heavy atom. The molecule has 144 valence electrons. The summed E-state index contributed by atoms with van der Waals surface area (Å²) in [6, 6.07) is 8.91. The third kappa shape index (κ3) is 4.34. The molecule has 28 heavy (non-hydrogen) atoms. The Hall–Kier alpha value is -2.45. The molecule has 0 aromatic heterocycles. The van der Waals surface area contributed by atoms with E-state index in [2.05, 4.69) is 36.9 Å². The predicted molar refractivity (Wildman–Crippen MR) is 111 cm³/mol. The first kappa shape index (κ1) is 20.3. The number of hydrogen-bond acceptors (Lipinski definition) is 6. The van der Waals surface area contributed by atoms with Gasteiger partial charge in [-0.25, -0.2) is 9.79 Å². The maximum atomic E-state index is 12.2. The van der Waals surface area contributed by atoms with Crippen molar-refractivity contribution in [2.75, 3.05) is 7.11 Å². The van der Waals surface area contributed by atoms with Crippen molar-refractivity contribution in [2.45, 2.75) is 13.8 Å². The Bertz CT molecular complexity index is 1040. The van der Waals surface area contributed by atoms with Gasteiger partial charge in [0.05, 0.1) is 11.6 Å². The van der Waals surface area contributed by atoms with E-state index in [1.807, 2.05) is 25.1 Å². The summed E-state index contributed by atoms with van der Waals surface area (Å²) in [4.78, 5) is 27.8. The van der Waals surface area contributed by atoms with Crippen LogP contribution in [-0.4, -0.2) is 24.9 Å². The maximum Gasteiger partial charge on any atom is 0.363 e. The molecule has 0 radical (unpaired) electrons. The van der Waals surface area contributed by atoms with Crippen LogP contribution in [0.2, 0.25) is 0 Å². The summed E-state index contributed by atoms with van der Waals surface area (Å²) >= 11 is 6.79. The highest BCUT2D eigenvalue weighted by atomic mass is 79.9. The predicted octanol–water partition coefficient (Wildman–Crippen LogP) is 4.80. The Labute approximate surface area is 178 Å². The van der Waals surface area contributed by atoms with Gasteiger partial charge >= 0.3 is 11.9 Å². The molecular formula is C20H15Br2NO5. The molecule has 6 nitrogen and oxygen atoms in total. The zero-order valence-electron chi connectivity index (χ0n) is 15.2. The maximum absolute atomic E-state index is 12.2. The lowest BCUT2D eigenvalue weighted by molar-refractivity contribution is -0.132. The minimum atomic E-state index is -0.547. The summed E-state index contributed by atoms with van der Waals surface area (Å²) in [7, 11) is 1.46. The fourth-order valence-corrected chi connectivity index (χ4v) is 3.32. The number of hydrogen-bond donors (Lipinski definition) is 0. The largest absolute Gasteiger partial charge is 0.493 e. The van der Waals surface area contributed by atoms with Crippen LogP contribution in [0.4, 0.5) is 0 Å². The van der Waals surface area contributed by atoms with Gasteiger partial charge in [-0.05, 0) is 70.4 Å². The van der Waals surface area contributed by atoms with Crippen molar-refractivity contribution in [1.29, 1.82) is 0 Å². The quantitative estimate of drug-likeness (QED) is 0.337. The van der Waals surface area contributed by atoms with E-state index in [1.165, 1.54) is 14.0 Å². The Morgan fingerprint density at radius 1 is 1.18 bits per heavy atom. The number of nitrogens with zero attached hydrogens (tertiary/aromatic N) is 1. The zero-order chi connectivity index (χ0) is 20.4. The molecule has 0 saturated carbocycles. The summed E-state index contributed by atoms with van der Waals surface area (Å²) in [6.45, 7) is 3.24. The minimum absolute atomic E-state index is 0.157. The van der Waals surface area contributed by atoms with Gasteiger partial charge in [-0.2, -0.15) is 0 Å². The number of ether oxygens (including phenoxy) is 3. The molecule has 1 heterocycles. The molecule has 0 aliphatic carbocycles. The van der Waals surface area contributed by atoms with E-state index >= 15 is 0 Å². The van der Waals surface area contributed by atoms with Gasteiger partial charge in [0.1, 0.15) is 0 Å². The molecule has 0 fully saturated rings. The van der Waals surface area contributed by atoms with Crippen molar-refractivity contribution in [3.05, 3.63) is 61.7 Å². The summed E-state index contributed by atoms with van der Waals surface area (Å²) in [6.07, 6.45) is 1.58. The van der Waals surface area contributed by atoms with Crippen molar-refractivity contribution < 1.29 is 23.8 Å². The smallest absolute Gasteiger partial charge is 0.363 e. The van der Waals surface area contributed by atoms with Crippen LogP contribution in [-0.2, 0) is 14.3 Å². The summed E-state index contributed by atoms with van der Waals surface area (Å²) in [5.41, 5.74) is 2.50. The molecular weight excluding hydrogens is 494 g/mol. The molecule has 0 unspecified atom stereocenters. The van der Waals surface area contributed by atoms with E-state index in [4.69, 9.17) is 14.2 Å². The third-order valence-electron chi connectivity index (χ3n) is 3.83. The van der Waals surface area contributed by atoms with Gasteiger partial charge in [-0.1, -0.05) is 15.9 Å². The first-order chi connectivity index (χ1) is 13.3. The lowest BCUT2D eigenvalue weighted by atomic mass is 10.1. The number of cyclic esters (lactones) is 1. The van der Waals surface area contributed by atoms with Gasteiger partial charge in [0.15, 0.2) is 17.2 Å². The molecule has 0 atom stereocenters. The number of rotatable bonds is 4. The van der Waals surface area contributed by atoms with Gasteiger partial charge in [0.2, 0.25) is 5.90 Å². The first-order valence-electron chi connectivity index (χ1n) is 8.13. The van der Waals surface area contributed by atoms with E-state index in [0.29, 0.717) is 21.3 Å². The highest BCUT2D eigenvalue weighted by molar-refractivity contribution is 9.10. The number of methoxy groups -OCH3 is 1. The van der Waals surface area contributed by atoms with Crippen molar-refractivity contribution in [3.8, 4) is 11.5 Å². The van der Waals surface area contributed by atoms with Crippen LogP contribution < -0.4 is 9.47 Å². The van der Waals surface area contributed by atoms with Crippen LogP contribution in [0.1, 0.15) is 23.6 Å². The van der Waals surface area contributed by atoms with E-state index < -0.39 is 11.9 Å². The van der Waals surface area contributed by atoms with Gasteiger partial charge in [0, 0.05) is 17.0 Å². The molecule has 0 spiro atoms. The SMILES string of the molecule is COc1cc(/C=C2\N=C(c3ccc(Br)c(C)c3)OC2=O)cc(Br)c1OC(C)=O. The van der Waals surface area contributed by atoms with E-state index in [0.717, 1.165) is 10.0 Å². The van der Waals surface area contributed by atoms with Crippen molar-refractivity contribution in [3.63, 3.8) is 0 Å². The average Bonchev–Trinajstić information content (AvgIpc) is 2.99. The topological polar surface area (TPSA) is 74.2 Å². The van der Waals surface area contributed by atoms with Gasteiger partial charge in [0.25, 0.3) is 0 Å². The molecule has 2 aromatic carbocycles. The molecule has 2 aromatic rings. The number of esters is 2. The van der Waals surface area contributed by atoms with Crippen LogP contribution >= 0.6 is 31.9 Å². The fourth-order valence-electron chi connectivity index (χ4n) is 2.53. The van der Waals surface area contributed by atoms with Crippen LogP contribution in [0, 0.1) is 6.92 Å². The lowest BCUT2D eigenvalue weighted by Gasteiger charge is -2.11. The lowest BCUT2D eigenvalue weighted by Crippen LogP contribution is -2.05. The standard InChI is InChI=1S/C20H15Br2NO5/c1-10-6-13(4-5-14(10)21)19-23-16(20(25)28-19)8-12-7-15(22)18(27-11(2)24)17(9-12)26-3/h4-9H,1-3H3/b16-8-. The average molecular weight is 509 g/mol. The van der Waals surface area contributed by atoms with Crippen molar-refractivity contribution in [2.24, 2.45) is 4.99 Å². The van der Waals surface area contributed by atoms with Crippen molar-refractivity contribution >= 4 is 55.8 Å². The minimum Gasteiger partial charge on any atom is -0.493 e. The van der Waals surface area contributed by atoms with Crippen LogP contribution in [0.3, 0.4) is 0 Å². The number of aliphatic imine (C=N–C) groups is 1. The van der Waals surface area contributed by atoms with E-state index in [1.54, 1.807) is 18.2 Å². The third-order valence-corrected chi connectivity index (χ3v) is 5.31. The summed E-state index contributed by atoms with van der Waals surface area (Å²) in [5.74, 6) is -0.163. The van der Waals surface area contributed by atoms with Crippen LogP contribution in [0.5, 0.6) is 11.5 Å². The second kappa shape index (κ2) is 8.28.